The molecule has 0 spiro atoms. The van der Waals surface area contributed by atoms with E-state index in [4.69, 9.17) is 4.74 Å². The van der Waals surface area contributed by atoms with Gasteiger partial charge in [-0.05, 0) is 20.3 Å². The van der Waals surface area contributed by atoms with Crippen molar-refractivity contribution in [2.24, 2.45) is 0 Å². The van der Waals surface area contributed by atoms with Crippen molar-refractivity contribution in [1.29, 1.82) is 0 Å². The smallest absolute Gasteiger partial charge is 0.345 e. The molecule has 88 valence electrons. The molecular weight excluding hydrogens is 208 g/mol. The predicted octanol–water partition coefficient (Wildman–Crippen LogP) is 1.21. The molecular formula is C11H16N2O3. The largest absolute Gasteiger partial charge is 0.462 e. The van der Waals surface area contributed by atoms with Gasteiger partial charge in [0.05, 0.1) is 12.3 Å². The summed E-state index contributed by atoms with van der Waals surface area (Å²) in [5.74, 6) is -0.424. The zero-order valence-corrected chi connectivity index (χ0v) is 9.79. The van der Waals surface area contributed by atoms with Gasteiger partial charge in [-0.1, -0.05) is 13.3 Å². The Morgan fingerprint density at radius 1 is 1.44 bits per heavy atom. The van der Waals surface area contributed by atoms with Crippen LogP contribution in [0, 0.1) is 6.92 Å². The minimum absolute atomic E-state index is 0.308. The number of H-pyrrole nitrogens is 1. The van der Waals surface area contributed by atoms with Gasteiger partial charge in [-0.15, -0.1) is 0 Å². The molecule has 1 N–H and O–H groups in total. The molecule has 1 aromatic rings. The van der Waals surface area contributed by atoms with Crippen molar-refractivity contribution in [2.45, 2.75) is 33.6 Å². The molecule has 0 bridgehead atoms. The van der Waals surface area contributed by atoms with Crippen molar-refractivity contribution in [1.82, 2.24) is 9.97 Å². The second-order valence-corrected chi connectivity index (χ2v) is 3.46. The van der Waals surface area contributed by atoms with Crippen LogP contribution in [0.1, 0.15) is 42.0 Å². The Morgan fingerprint density at radius 2 is 2.12 bits per heavy atom. The van der Waals surface area contributed by atoms with Crippen LogP contribution in [-0.4, -0.2) is 22.5 Å². The topological polar surface area (TPSA) is 72.0 Å². The third-order valence-electron chi connectivity index (χ3n) is 2.16. The van der Waals surface area contributed by atoms with Crippen LogP contribution in [0.4, 0.5) is 0 Å². The second kappa shape index (κ2) is 5.44. The number of nitrogens with one attached hydrogen (secondary N) is 1. The van der Waals surface area contributed by atoms with Gasteiger partial charge in [0.2, 0.25) is 0 Å². The van der Waals surface area contributed by atoms with E-state index in [0.717, 1.165) is 6.42 Å². The van der Waals surface area contributed by atoms with Gasteiger partial charge in [-0.2, -0.15) is 4.98 Å². The van der Waals surface area contributed by atoms with Gasteiger partial charge < -0.3 is 9.72 Å². The first kappa shape index (κ1) is 12.4. The Hall–Kier alpha value is -1.65. The number of rotatable bonds is 4. The van der Waals surface area contributed by atoms with Crippen LogP contribution in [0.25, 0.3) is 0 Å². The molecule has 5 nitrogen and oxygen atoms in total. The second-order valence-electron chi connectivity index (χ2n) is 3.46. The van der Waals surface area contributed by atoms with E-state index in [9.17, 15) is 9.59 Å². The Morgan fingerprint density at radius 3 is 2.69 bits per heavy atom. The van der Waals surface area contributed by atoms with E-state index in [1.54, 1.807) is 13.8 Å². The molecule has 1 rings (SSSR count). The summed E-state index contributed by atoms with van der Waals surface area (Å²) in [6, 6.07) is 0. The summed E-state index contributed by atoms with van der Waals surface area (Å²) in [5, 5.41) is 0. The zero-order valence-electron chi connectivity index (χ0n) is 9.79. The van der Waals surface area contributed by atoms with Gasteiger partial charge in [0, 0.05) is 5.69 Å². The van der Waals surface area contributed by atoms with E-state index in [-0.39, 0.29) is 0 Å². The first-order valence-electron chi connectivity index (χ1n) is 5.37. The number of esters is 1. The standard InChI is InChI=1S/C11H16N2O3/c1-4-6-8-9(10(14)16-5-2)7(3)12-11(15)13-8/h4-6H2,1-3H3,(H,12,13,15). The molecule has 0 aromatic carbocycles. The lowest BCUT2D eigenvalue weighted by atomic mass is 10.1. The monoisotopic (exact) mass is 224 g/mol. The Balaban J connectivity index is 3.23. The summed E-state index contributed by atoms with van der Waals surface area (Å²) in [6.45, 7) is 5.69. The number of nitrogens with zero attached hydrogens (tertiary/aromatic N) is 1. The highest BCUT2D eigenvalue weighted by atomic mass is 16.5. The van der Waals surface area contributed by atoms with Gasteiger partial charge in [0.1, 0.15) is 5.56 Å². The van der Waals surface area contributed by atoms with Crippen molar-refractivity contribution in [3.05, 3.63) is 27.4 Å². The van der Waals surface area contributed by atoms with E-state index in [0.29, 0.717) is 30.0 Å². The van der Waals surface area contributed by atoms with Crippen LogP contribution in [0.2, 0.25) is 0 Å². The molecule has 1 aromatic heterocycles. The Bertz CT molecular complexity index is 437. The maximum atomic E-state index is 11.7. The normalized spacial score (nSPS) is 10.2. The summed E-state index contributed by atoms with van der Waals surface area (Å²) in [6.07, 6.45) is 1.42. The zero-order chi connectivity index (χ0) is 12.1. The lowest BCUT2D eigenvalue weighted by Crippen LogP contribution is -2.21. The number of hydrogen-bond acceptors (Lipinski definition) is 4. The Labute approximate surface area is 93.9 Å². The van der Waals surface area contributed by atoms with Crippen molar-refractivity contribution in [3.8, 4) is 0 Å². The molecule has 0 amide bonds. The molecule has 0 fully saturated rings. The number of aromatic amines is 1. The molecule has 5 heteroatoms. The van der Waals surface area contributed by atoms with Gasteiger partial charge in [0.15, 0.2) is 0 Å². The van der Waals surface area contributed by atoms with E-state index in [2.05, 4.69) is 9.97 Å². The maximum absolute atomic E-state index is 11.7. The third-order valence-corrected chi connectivity index (χ3v) is 2.16. The molecule has 0 aliphatic carbocycles. The van der Waals surface area contributed by atoms with Crippen LogP contribution in [0.15, 0.2) is 4.79 Å². The van der Waals surface area contributed by atoms with Gasteiger partial charge in [0.25, 0.3) is 0 Å². The van der Waals surface area contributed by atoms with Crippen molar-refractivity contribution < 1.29 is 9.53 Å². The van der Waals surface area contributed by atoms with Gasteiger partial charge in [-0.25, -0.2) is 9.59 Å². The highest BCUT2D eigenvalue weighted by Crippen LogP contribution is 2.11. The average Bonchev–Trinajstić information content (AvgIpc) is 2.17. The summed E-state index contributed by atoms with van der Waals surface area (Å²) in [4.78, 5) is 29.2. The summed E-state index contributed by atoms with van der Waals surface area (Å²) < 4.78 is 4.93. The molecule has 0 aliphatic rings. The van der Waals surface area contributed by atoms with E-state index in [1.807, 2.05) is 6.92 Å². The molecule has 0 unspecified atom stereocenters. The van der Waals surface area contributed by atoms with E-state index < -0.39 is 11.7 Å². The minimum atomic E-state index is -0.424. The van der Waals surface area contributed by atoms with Crippen LogP contribution in [0.3, 0.4) is 0 Å². The van der Waals surface area contributed by atoms with Crippen LogP contribution < -0.4 is 5.69 Å². The lowest BCUT2D eigenvalue weighted by Gasteiger charge is -2.09. The minimum Gasteiger partial charge on any atom is -0.462 e. The maximum Gasteiger partial charge on any atom is 0.345 e. The first-order chi connectivity index (χ1) is 7.60. The SMILES string of the molecule is CCCc1nc(=O)[nH]c(C)c1C(=O)OCC. The Kier molecular flexibility index (Phi) is 4.22. The lowest BCUT2D eigenvalue weighted by molar-refractivity contribution is 0.0523. The number of ether oxygens (including phenoxy) is 1. The number of aryl methyl sites for hydroxylation is 2. The molecule has 0 aliphatic heterocycles. The van der Waals surface area contributed by atoms with Crippen molar-refractivity contribution in [2.75, 3.05) is 6.61 Å². The molecule has 0 saturated heterocycles. The van der Waals surface area contributed by atoms with Crippen molar-refractivity contribution in [3.63, 3.8) is 0 Å². The first-order valence-corrected chi connectivity index (χ1v) is 5.37. The van der Waals surface area contributed by atoms with E-state index in [1.165, 1.54) is 0 Å². The fraction of sp³-hybridized carbons (Fsp3) is 0.545. The number of hydrogen-bond donors (Lipinski definition) is 1. The summed E-state index contributed by atoms with van der Waals surface area (Å²) >= 11 is 0. The quantitative estimate of drug-likeness (QED) is 0.780. The number of aromatic nitrogens is 2. The van der Waals surface area contributed by atoms with Gasteiger partial charge in [-0.3, -0.25) is 0 Å². The highest BCUT2D eigenvalue weighted by Gasteiger charge is 2.17. The van der Waals surface area contributed by atoms with E-state index >= 15 is 0 Å². The van der Waals surface area contributed by atoms with Crippen LogP contribution in [-0.2, 0) is 11.2 Å². The average molecular weight is 224 g/mol. The van der Waals surface area contributed by atoms with Gasteiger partial charge >= 0.3 is 11.7 Å². The van der Waals surface area contributed by atoms with Crippen LogP contribution >= 0.6 is 0 Å². The predicted molar refractivity (Wildman–Crippen MR) is 59.5 cm³/mol. The molecule has 16 heavy (non-hydrogen) atoms. The molecule has 1 heterocycles. The third kappa shape index (κ3) is 2.68. The number of carbonyl (C=O) groups excluding carboxylic acids is 1. The highest BCUT2D eigenvalue weighted by molar-refractivity contribution is 5.91. The van der Waals surface area contributed by atoms with Crippen LogP contribution in [0.5, 0.6) is 0 Å². The van der Waals surface area contributed by atoms with Crippen molar-refractivity contribution >= 4 is 5.97 Å². The number of carbonyl (C=O) groups is 1. The fourth-order valence-electron chi connectivity index (χ4n) is 1.54. The summed E-state index contributed by atoms with van der Waals surface area (Å²) in [5.41, 5.74) is 1.00. The molecule has 0 atom stereocenters. The molecule has 0 saturated carbocycles. The summed E-state index contributed by atoms with van der Waals surface area (Å²) in [7, 11) is 0. The molecule has 0 radical (unpaired) electrons. The fourth-order valence-corrected chi connectivity index (χ4v) is 1.54.